The van der Waals surface area contributed by atoms with Gasteiger partial charge in [-0.3, -0.25) is 9.59 Å². The maximum atomic E-state index is 12.4. The molecular weight excluding hydrogens is 374 g/mol. The fraction of sp³-hybridized carbons (Fsp3) is 0.222. The number of aryl methyl sites for hydroxylation is 2. The molecule has 8 nitrogen and oxygen atoms in total. The van der Waals surface area contributed by atoms with Gasteiger partial charge in [0.05, 0.1) is 0 Å². The number of furan rings is 1. The molecule has 9 heteroatoms. The van der Waals surface area contributed by atoms with Gasteiger partial charge in [-0.2, -0.15) is 0 Å². The number of halogens is 1. The molecule has 2 aromatic heterocycles. The molecule has 1 amide bonds. The zero-order chi connectivity index (χ0) is 19.6. The smallest absolute Gasteiger partial charge is 0.343 e. The van der Waals surface area contributed by atoms with Crippen LogP contribution in [0.4, 0.5) is 0 Å². The van der Waals surface area contributed by atoms with Gasteiger partial charge in [-0.25, -0.2) is 9.78 Å². The lowest BCUT2D eigenvalue weighted by molar-refractivity contribution is -0.124. The number of nitrogens with one attached hydrogen (secondary N) is 1. The number of rotatable bonds is 5. The third-order valence-electron chi connectivity index (χ3n) is 3.89. The first-order chi connectivity index (χ1) is 12.9. The molecule has 2 heterocycles. The van der Waals surface area contributed by atoms with Crippen LogP contribution in [0.1, 0.15) is 21.7 Å². The molecule has 0 unspecified atom stereocenters. The summed E-state index contributed by atoms with van der Waals surface area (Å²) in [5.41, 5.74) is 0.445. The van der Waals surface area contributed by atoms with Gasteiger partial charge in [0.1, 0.15) is 23.0 Å². The molecule has 27 heavy (non-hydrogen) atoms. The molecule has 0 aliphatic rings. The largest absolute Gasteiger partial charge is 0.452 e. The predicted octanol–water partition coefficient (Wildman–Crippen LogP) is 1.96. The van der Waals surface area contributed by atoms with Gasteiger partial charge in [-0.1, -0.05) is 23.7 Å². The summed E-state index contributed by atoms with van der Waals surface area (Å²) < 4.78 is 11.6. The van der Waals surface area contributed by atoms with Crippen molar-refractivity contribution in [2.75, 3.05) is 6.61 Å². The predicted molar refractivity (Wildman–Crippen MR) is 97.6 cm³/mol. The van der Waals surface area contributed by atoms with Gasteiger partial charge in [-0.15, -0.1) is 0 Å². The van der Waals surface area contributed by atoms with Crippen LogP contribution in [0.5, 0.6) is 0 Å². The Morgan fingerprint density at radius 3 is 2.70 bits per heavy atom. The molecule has 3 aromatic rings. The van der Waals surface area contributed by atoms with E-state index in [1.54, 1.807) is 24.3 Å². The Labute approximate surface area is 158 Å². The fourth-order valence-electron chi connectivity index (χ4n) is 2.49. The molecule has 0 aliphatic carbocycles. The third-order valence-corrected chi connectivity index (χ3v) is 4.14. The van der Waals surface area contributed by atoms with Crippen LogP contribution in [0.15, 0.2) is 39.8 Å². The topological polar surface area (TPSA) is 103 Å². The summed E-state index contributed by atoms with van der Waals surface area (Å²) in [6.45, 7) is 1.31. The van der Waals surface area contributed by atoms with Gasteiger partial charge in [0.25, 0.3) is 11.5 Å². The minimum Gasteiger partial charge on any atom is -0.452 e. The van der Waals surface area contributed by atoms with E-state index in [-0.39, 0.29) is 29.0 Å². The van der Waals surface area contributed by atoms with Crippen LogP contribution in [0.2, 0.25) is 5.02 Å². The molecule has 0 saturated heterocycles. The van der Waals surface area contributed by atoms with Crippen molar-refractivity contribution in [1.82, 2.24) is 14.9 Å². The van der Waals surface area contributed by atoms with Crippen LogP contribution in [0, 0.1) is 6.92 Å². The van der Waals surface area contributed by atoms with Gasteiger partial charge < -0.3 is 19.0 Å². The van der Waals surface area contributed by atoms with E-state index >= 15 is 0 Å². The van der Waals surface area contributed by atoms with E-state index in [0.717, 1.165) is 5.56 Å². The van der Waals surface area contributed by atoms with Crippen molar-refractivity contribution in [3.05, 3.63) is 62.9 Å². The summed E-state index contributed by atoms with van der Waals surface area (Å²) in [6.07, 6.45) is 1.30. The highest BCUT2D eigenvalue weighted by Crippen LogP contribution is 2.21. The Kier molecular flexibility index (Phi) is 5.27. The number of ether oxygens (including phenoxy) is 1. The molecular formula is C18H16ClN3O5. The Bertz CT molecular complexity index is 1070. The number of aromatic nitrogens is 2. The second kappa shape index (κ2) is 7.63. The number of fused-ring (bicyclic) bond motifs is 1. The van der Waals surface area contributed by atoms with E-state index < -0.39 is 24.0 Å². The van der Waals surface area contributed by atoms with Crippen molar-refractivity contribution in [2.24, 2.45) is 7.05 Å². The standard InChI is InChI=1S/C18H16ClN3O5/c1-10-14(15-16(27-10)21-9-22(2)17(15)24)18(25)26-8-13(23)20-7-11-3-5-12(19)6-4-11/h3-6,9H,7-8H2,1-2H3,(H,20,23). The Hall–Kier alpha value is -3.13. The first-order valence-electron chi connectivity index (χ1n) is 8.00. The highest BCUT2D eigenvalue weighted by atomic mass is 35.5. The van der Waals surface area contributed by atoms with Crippen LogP contribution >= 0.6 is 11.6 Å². The van der Waals surface area contributed by atoms with Crippen molar-refractivity contribution in [1.29, 1.82) is 0 Å². The van der Waals surface area contributed by atoms with Gasteiger partial charge in [0.15, 0.2) is 6.61 Å². The lowest BCUT2D eigenvalue weighted by Gasteiger charge is -2.07. The van der Waals surface area contributed by atoms with Crippen molar-refractivity contribution in [3.8, 4) is 0 Å². The number of carbonyl (C=O) groups excluding carboxylic acids is 2. The molecule has 0 radical (unpaired) electrons. The molecule has 0 fully saturated rings. The Morgan fingerprint density at radius 1 is 1.30 bits per heavy atom. The normalized spacial score (nSPS) is 10.8. The summed E-state index contributed by atoms with van der Waals surface area (Å²) in [6, 6.07) is 6.98. The fourth-order valence-corrected chi connectivity index (χ4v) is 2.62. The monoisotopic (exact) mass is 389 g/mol. The van der Waals surface area contributed by atoms with Crippen LogP contribution in [0.3, 0.4) is 0 Å². The van der Waals surface area contributed by atoms with Crippen molar-refractivity contribution >= 4 is 34.6 Å². The van der Waals surface area contributed by atoms with E-state index in [9.17, 15) is 14.4 Å². The van der Waals surface area contributed by atoms with E-state index in [4.69, 9.17) is 20.8 Å². The van der Waals surface area contributed by atoms with Crippen molar-refractivity contribution in [2.45, 2.75) is 13.5 Å². The highest BCUT2D eigenvalue weighted by Gasteiger charge is 2.24. The second-order valence-electron chi connectivity index (χ2n) is 5.85. The van der Waals surface area contributed by atoms with Crippen LogP contribution in [0.25, 0.3) is 11.1 Å². The number of amides is 1. The summed E-state index contributed by atoms with van der Waals surface area (Å²) in [5.74, 6) is -1.10. The molecule has 0 saturated carbocycles. The molecule has 1 aromatic carbocycles. The summed E-state index contributed by atoms with van der Waals surface area (Å²) >= 11 is 5.80. The summed E-state index contributed by atoms with van der Waals surface area (Å²) in [5, 5.41) is 3.26. The number of hydrogen-bond acceptors (Lipinski definition) is 6. The minimum atomic E-state index is -0.821. The van der Waals surface area contributed by atoms with Gasteiger partial charge in [0, 0.05) is 18.6 Å². The SMILES string of the molecule is Cc1oc2ncn(C)c(=O)c2c1C(=O)OCC(=O)NCc1ccc(Cl)cc1. The van der Waals surface area contributed by atoms with E-state index in [0.29, 0.717) is 5.02 Å². The maximum absolute atomic E-state index is 12.4. The van der Waals surface area contributed by atoms with Crippen LogP contribution < -0.4 is 10.9 Å². The highest BCUT2D eigenvalue weighted by molar-refractivity contribution is 6.30. The van der Waals surface area contributed by atoms with Crippen LogP contribution in [-0.2, 0) is 23.1 Å². The zero-order valence-electron chi connectivity index (χ0n) is 14.6. The molecule has 1 N–H and O–H groups in total. The molecule has 0 bridgehead atoms. The Balaban J connectivity index is 1.66. The van der Waals surface area contributed by atoms with Crippen molar-refractivity contribution < 1.29 is 18.7 Å². The van der Waals surface area contributed by atoms with Gasteiger partial charge in [-0.05, 0) is 24.6 Å². The lowest BCUT2D eigenvalue weighted by Crippen LogP contribution is -2.28. The number of hydrogen-bond donors (Lipinski definition) is 1. The molecule has 0 spiro atoms. The first kappa shape index (κ1) is 18.7. The number of nitrogens with zero attached hydrogens (tertiary/aromatic N) is 2. The average molecular weight is 390 g/mol. The van der Waals surface area contributed by atoms with Gasteiger partial charge in [0.2, 0.25) is 5.71 Å². The Morgan fingerprint density at radius 2 is 2.00 bits per heavy atom. The quantitative estimate of drug-likeness (QED) is 0.669. The zero-order valence-corrected chi connectivity index (χ0v) is 15.4. The lowest BCUT2D eigenvalue weighted by atomic mass is 10.2. The number of esters is 1. The average Bonchev–Trinajstić information content (AvgIpc) is 2.99. The second-order valence-corrected chi connectivity index (χ2v) is 6.29. The molecule has 0 aliphatic heterocycles. The molecule has 0 atom stereocenters. The maximum Gasteiger partial charge on any atom is 0.343 e. The summed E-state index contributed by atoms with van der Waals surface area (Å²) in [7, 11) is 1.51. The number of benzene rings is 1. The van der Waals surface area contributed by atoms with Gasteiger partial charge >= 0.3 is 5.97 Å². The molecule has 3 rings (SSSR count). The molecule has 140 valence electrons. The minimum absolute atomic E-state index is 0.0239. The first-order valence-corrected chi connectivity index (χ1v) is 8.37. The van der Waals surface area contributed by atoms with E-state index in [2.05, 4.69) is 10.3 Å². The van der Waals surface area contributed by atoms with E-state index in [1.807, 2.05) is 0 Å². The van der Waals surface area contributed by atoms with Crippen molar-refractivity contribution in [3.63, 3.8) is 0 Å². The van der Waals surface area contributed by atoms with Crippen LogP contribution in [-0.4, -0.2) is 28.0 Å². The van der Waals surface area contributed by atoms with E-state index in [1.165, 1.54) is 24.9 Å². The third kappa shape index (κ3) is 4.01. The summed E-state index contributed by atoms with van der Waals surface area (Å²) in [4.78, 5) is 40.5. The number of carbonyl (C=O) groups is 2.